The molecule has 228 valence electrons. The van der Waals surface area contributed by atoms with Crippen molar-refractivity contribution >= 4 is 52.7 Å². The van der Waals surface area contributed by atoms with E-state index in [1.165, 1.54) is 15.9 Å². The third kappa shape index (κ3) is 6.47. The average Bonchev–Trinajstić information content (AvgIpc) is 3.55. The van der Waals surface area contributed by atoms with E-state index < -0.39 is 18.0 Å². The maximum Gasteiger partial charge on any atom is 0.339 e. The van der Waals surface area contributed by atoms with E-state index in [9.17, 15) is 14.4 Å². The van der Waals surface area contributed by atoms with Gasteiger partial charge in [-0.3, -0.25) is 9.36 Å². The zero-order valence-electron chi connectivity index (χ0n) is 25.0. The Kier molecular flexibility index (Phi) is 9.34. The minimum atomic E-state index is -0.719. The van der Waals surface area contributed by atoms with Crippen molar-refractivity contribution in [2.75, 3.05) is 6.26 Å². The molecule has 8 nitrogen and oxygen atoms in total. The number of carbonyl (C=O) groups is 2. The van der Waals surface area contributed by atoms with Crippen molar-refractivity contribution < 1.29 is 23.5 Å². The second-order valence-electron chi connectivity index (χ2n) is 10.7. The van der Waals surface area contributed by atoms with Gasteiger partial charge in [-0.1, -0.05) is 35.1 Å². The van der Waals surface area contributed by atoms with E-state index in [1.807, 2.05) is 30.5 Å². The van der Waals surface area contributed by atoms with Gasteiger partial charge in [-0.15, -0.1) is 11.8 Å². The fraction of sp³-hybridized carbons (Fsp3) is 0.273. The largest absolute Gasteiger partial charge is 0.459 e. The number of nitrogens with zero attached hydrogens (tertiary/aromatic N) is 2. The molecule has 0 bridgehead atoms. The summed E-state index contributed by atoms with van der Waals surface area (Å²) in [5.74, 6) is -0.225. The van der Waals surface area contributed by atoms with Gasteiger partial charge in [-0.2, -0.15) is 0 Å². The molecule has 1 aliphatic heterocycles. The monoisotopic (exact) mass is 650 g/mol. The van der Waals surface area contributed by atoms with Gasteiger partial charge < -0.3 is 13.9 Å². The van der Waals surface area contributed by atoms with E-state index in [0.29, 0.717) is 48.3 Å². The van der Waals surface area contributed by atoms with Crippen LogP contribution in [0.15, 0.2) is 85.0 Å². The lowest BCUT2D eigenvalue weighted by molar-refractivity contribution is -0.143. The van der Waals surface area contributed by atoms with E-state index in [2.05, 4.69) is 4.99 Å². The Labute approximate surface area is 267 Å². The molecular formula is C33H31ClN2O6S2. The van der Waals surface area contributed by atoms with Gasteiger partial charge in [0, 0.05) is 21.6 Å². The third-order valence-electron chi connectivity index (χ3n) is 6.73. The number of ether oxygens (including phenoxy) is 2. The number of benzene rings is 2. The molecule has 3 heterocycles. The fourth-order valence-electron chi connectivity index (χ4n) is 4.84. The van der Waals surface area contributed by atoms with E-state index >= 15 is 0 Å². The molecular weight excluding hydrogens is 620 g/mol. The van der Waals surface area contributed by atoms with Crippen molar-refractivity contribution in [3.8, 4) is 11.3 Å². The second kappa shape index (κ2) is 13.0. The van der Waals surface area contributed by atoms with Crippen molar-refractivity contribution in [3.05, 3.63) is 107 Å². The summed E-state index contributed by atoms with van der Waals surface area (Å²) in [6.45, 7) is 8.86. The SMILES string of the molecule is CSc1ccc([C@@H]2C(C(=O)OC(C)C)=C(C)N=c3s/c(=C\c4ccc(-c5cc(Cl)ccc5C(=O)OC(C)C)o4)c(=O)n32)cc1. The van der Waals surface area contributed by atoms with Gasteiger partial charge in [0.2, 0.25) is 0 Å². The van der Waals surface area contributed by atoms with Crippen LogP contribution in [0, 0.1) is 0 Å². The summed E-state index contributed by atoms with van der Waals surface area (Å²) in [6.07, 6.45) is 2.97. The minimum absolute atomic E-state index is 0.298. The Morgan fingerprint density at radius 1 is 1.02 bits per heavy atom. The van der Waals surface area contributed by atoms with Crippen molar-refractivity contribution in [3.63, 3.8) is 0 Å². The Bertz CT molecular complexity index is 1950. The number of rotatable bonds is 8. The number of allylic oxidation sites excluding steroid dienone is 1. The summed E-state index contributed by atoms with van der Waals surface area (Å²) < 4.78 is 19.0. The number of hydrogen-bond donors (Lipinski definition) is 0. The first-order valence-electron chi connectivity index (χ1n) is 13.9. The molecule has 0 saturated heterocycles. The van der Waals surface area contributed by atoms with Gasteiger partial charge in [-0.25, -0.2) is 14.6 Å². The Morgan fingerprint density at radius 3 is 2.36 bits per heavy atom. The van der Waals surface area contributed by atoms with Crippen molar-refractivity contribution in [2.24, 2.45) is 4.99 Å². The van der Waals surface area contributed by atoms with Gasteiger partial charge >= 0.3 is 11.9 Å². The van der Waals surface area contributed by atoms with Crippen LogP contribution in [0.4, 0.5) is 0 Å². The van der Waals surface area contributed by atoms with Gasteiger partial charge in [-0.05, 0) is 88.9 Å². The minimum Gasteiger partial charge on any atom is -0.459 e. The maximum absolute atomic E-state index is 14.0. The molecule has 44 heavy (non-hydrogen) atoms. The highest BCUT2D eigenvalue weighted by atomic mass is 35.5. The predicted octanol–water partition coefficient (Wildman–Crippen LogP) is 6.39. The molecule has 2 aromatic heterocycles. The first-order chi connectivity index (χ1) is 21.0. The second-order valence-corrected chi connectivity index (χ2v) is 13.0. The molecule has 4 aromatic rings. The number of thiazole rings is 1. The van der Waals surface area contributed by atoms with Crippen LogP contribution in [-0.2, 0) is 14.3 Å². The standard InChI is InChI=1S/C33H31ClN2O6S2/c1-17(2)40-31(38)24-13-9-21(34)15-25(24)26-14-10-22(42-26)16-27-30(37)36-29(20-7-11-23(43-6)12-8-20)28(32(39)41-18(3)4)19(5)35-33(36)44-27/h7-18,29H,1-6H3/b27-16-/t29-/m1/s1. The molecule has 0 N–H and O–H groups in total. The van der Waals surface area contributed by atoms with E-state index in [1.54, 1.807) is 82.8 Å². The molecule has 0 amide bonds. The van der Waals surface area contributed by atoms with Gasteiger partial charge in [0.05, 0.1) is 39.6 Å². The first-order valence-corrected chi connectivity index (χ1v) is 16.4. The molecule has 0 radical (unpaired) electrons. The van der Waals surface area contributed by atoms with Crippen LogP contribution in [-0.4, -0.2) is 35.0 Å². The molecule has 5 rings (SSSR count). The highest BCUT2D eigenvalue weighted by molar-refractivity contribution is 7.98. The normalized spacial score (nSPS) is 15.0. The third-order valence-corrected chi connectivity index (χ3v) is 8.69. The number of aromatic nitrogens is 1. The Morgan fingerprint density at radius 2 is 1.70 bits per heavy atom. The topological polar surface area (TPSA) is 100 Å². The molecule has 2 aromatic carbocycles. The highest BCUT2D eigenvalue weighted by Gasteiger charge is 2.34. The number of halogens is 1. The van der Waals surface area contributed by atoms with Crippen LogP contribution >= 0.6 is 34.7 Å². The molecule has 0 saturated carbocycles. The number of esters is 2. The highest BCUT2D eigenvalue weighted by Crippen LogP contribution is 2.33. The molecule has 1 atom stereocenters. The lowest BCUT2D eigenvalue weighted by atomic mass is 9.96. The number of carbonyl (C=O) groups excluding carboxylic acids is 2. The van der Waals surface area contributed by atoms with Crippen LogP contribution in [0.1, 0.15) is 62.3 Å². The fourth-order valence-corrected chi connectivity index (χ4v) is 6.45. The average molecular weight is 651 g/mol. The molecule has 0 aliphatic carbocycles. The van der Waals surface area contributed by atoms with Crippen LogP contribution in [0.2, 0.25) is 5.02 Å². The predicted molar refractivity (Wildman–Crippen MR) is 173 cm³/mol. The zero-order chi connectivity index (χ0) is 31.7. The Hall–Kier alpha value is -3.86. The molecule has 0 unspecified atom stereocenters. The number of hydrogen-bond acceptors (Lipinski definition) is 9. The molecule has 0 fully saturated rings. The summed E-state index contributed by atoms with van der Waals surface area (Å²) >= 11 is 9.06. The van der Waals surface area contributed by atoms with Crippen molar-refractivity contribution in [2.45, 2.75) is 57.8 Å². The van der Waals surface area contributed by atoms with Gasteiger partial charge in [0.15, 0.2) is 4.80 Å². The maximum atomic E-state index is 14.0. The molecule has 11 heteroatoms. The molecule has 0 spiro atoms. The van der Waals surface area contributed by atoms with Crippen LogP contribution < -0.4 is 14.9 Å². The number of fused-ring (bicyclic) bond motifs is 1. The first kappa shape index (κ1) is 31.6. The van der Waals surface area contributed by atoms with Crippen LogP contribution in [0.25, 0.3) is 17.4 Å². The Balaban J connectivity index is 1.60. The lowest BCUT2D eigenvalue weighted by Gasteiger charge is -2.25. The summed E-state index contributed by atoms with van der Waals surface area (Å²) in [7, 11) is 0. The van der Waals surface area contributed by atoms with Gasteiger partial charge in [0.25, 0.3) is 5.56 Å². The van der Waals surface area contributed by atoms with E-state index in [0.717, 1.165) is 10.5 Å². The summed E-state index contributed by atoms with van der Waals surface area (Å²) in [5.41, 5.74) is 2.04. The summed E-state index contributed by atoms with van der Waals surface area (Å²) in [5, 5.41) is 0.431. The summed E-state index contributed by atoms with van der Waals surface area (Å²) in [4.78, 5) is 46.2. The zero-order valence-corrected chi connectivity index (χ0v) is 27.4. The quantitative estimate of drug-likeness (QED) is 0.161. The summed E-state index contributed by atoms with van der Waals surface area (Å²) in [6, 6.07) is 15.3. The van der Waals surface area contributed by atoms with Crippen LogP contribution in [0.3, 0.4) is 0 Å². The van der Waals surface area contributed by atoms with E-state index in [4.69, 9.17) is 25.5 Å². The van der Waals surface area contributed by atoms with Crippen molar-refractivity contribution in [1.82, 2.24) is 4.57 Å². The van der Waals surface area contributed by atoms with Crippen molar-refractivity contribution in [1.29, 1.82) is 0 Å². The smallest absolute Gasteiger partial charge is 0.339 e. The lowest BCUT2D eigenvalue weighted by Crippen LogP contribution is -2.40. The molecule has 1 aliphatic rings. The van der Waals surface area contributed by atoms with Gasteiger partial charge in [0.1, 0.15) is 11.5 Å². The van der Waals surface area contributed by atoms with Crippen LogP contribution in [0.5, 0.6) is 0 Å². The number of furan rings is 1. The van der Waals surface area contributed by atoms with E-state index in [-0.39, 0.29) is 17.8 Å². The number of thioether (sulfide) groups is 1.